The Morgan fingerprint density at radius 1 is 1.38 bits per heavy atom. The van der Waals surface area contributed by atoms with Crippen molar-refractivity contribution in [2.45, 2.75) is 32.7 Å². The number of rotatable bonds is 4. The molecule has 0 aliphatic carbocycles. The second-order valence-electron chi connectivity index (χ2n) is 4.35. The van der Waals surface area contributed by atoms with E-state index in [0.717, 1.165) is 0 Å². The van der Waals surface area contributed by atoms with Crippen molar-refractivity contribution in [1.82, 2.24) is 9.03 Å². The normalized spacial score (nSPS) is 20.2. The lowest BCUT2D eigenvalue weighted by atomic mass is 9.98. The first-order valence-electron chi connectivity index (χ1n) is 5.39. The van der Waals surface area contributed by atoms with Gasteiger partial charge in [-0.15, -0.1) is 0 Å². The van der Waals surface area contributed by atoms with Gasteiger partial charge in [-0.2, -0.15) is 17.4 Å². The molecular weight excluding hydrogens is 230 g/mol. The Morgan fingerprint density at radius 2 is 1.88 bits per heavy atom. The van der Waals surface area contributed by atoms with Gasteiger partial charge in [-0.05, 0) is 26.7 Å². The third-order valence-corrected chi connectivity index (χ3v) is 4.40. The fourth-order valence-electron chi connectivity index (χ4n) is 1.75. The Morgan fingerprint density at radius 3 is 2.25 bits per heavy atom. The van der Waals surface area contributed by atoms with Gasteiger partial charge in [0, 0.05) is 25.0 Å². The van der Waals surface area contributed by atoms with E-state index in [2.05, 4.69) is 4.72 Å². The SMILES string of the molecule is CC(C)NS(=O)(=O)N1CCC(C(N)=O)CC1. The van der Waals surface area contributed by atoms with Gasteiger partial charge in [0.05, 0.1) is 0 Å². The molecule has 1 rings (SSSR count). The Balaban J connectivity index is 2.56. The van der Waals surface area contributed by atoms with Crippen molar-refractivity contribution in [2.24, 2.45) is 11.7 Å². The Kier molecular flexibility index (Phi) is 4.28. The molecule has 1 aliphatic heterocycles. The van der Waals surface area contributed by atoms with Crippen LogP contribution in [0.4, 0.5) is 0 Å². The van der Waals surface area contributed by atoms with Crippen LogP contribution in [-0.4, -0.2) is 37.8 Å². The highest BCUT2D eigenvalue weighted by atomic mass is 32.2. The maximum Gasteiger partial charge on any atom is 0.279 e. The molecule has 0 bridgehead atoms. The van der Waals surface area contributed by atoms with Crippen molar-refractivity contribution in [3.8, 4) is 0 Å². The molecule has 0 aromatic carbocycles. The highest BCUT2D eigenvalue weighted by Gasteiger charge is 2.30. The minimum absolute atomic E-state index is 0.126. The molecule has 6 nitrogen and oxygen atoms in total. The van der Waals surface area contributed by atoms with Crippen LogP contribution in [0.2, 0.25) is 0 Å². The number of nitrogens with zero attached hydrogens (tertiary/aromatic N) is 1. The van der Waals surface area contributed by atoms with Crippen molar-refractivity contribution in [3.05, 3.63) is 0 Å². The zero-order chi connectivity index (χ0) is 12.3. The van der Waals surface area contributed by atoms with E-state index in [9.17, 15) is 13.2 Å². The van der Waals surface area contributed by atoms with Crippen LogP contribution in [0, 0.1) is 5.92 Å². The first kappa shape index (κ1) is 13.4. The summed E-state index contributed by atoms with van der Waals surface area (Å²) >= 11 is 0. The van der Waals surface area contributed by atoms with E-state index in [0.29, 0.717) is 25.9 Å². The van der Waals surface area contributed by atoms with Crippen molar-refractivity contribution in [2.75, 3.05) is 13.1 Å². The van der Waals surface area contributed by atoms with Gasteiger partial charge in [0.1, 0.15) is 0 Å². The highest BCUT2D eigenvalue weighted by Crippen LogP contribution is 2.18. The zero-order valence-corrected chi connectivity index (χ0v) is 10.5. The maximum absolute atomic E-state index is 11.8. The summed E-state index contributed by atoms with van der Waals surface area (Å²) in [6.07, 6.45) is 1.02. The van der Waals surface area contributed by atoms with Gasteiger partial charge in [0.15, 0.2) is 0 Å². The number of amides is 1. The number of carbonyl (C=O) groups is 1. The van der Waals surface area contributed by atoms with Crippen LogP contribution in [-0.2, 0) is 15.0 Å². The Bertz CT molecular complexity index is 345. The third kappa shape index (κ3) is 3.43. The molecule has 3 N–H and O–H groups in total. The van der Waals surface area contributed by atoms with Gasteiger partial charge in [-0.3, -0.25) is 4.79 Å². The fraction of sp³-hybridized carbons (Fsp3) is 0.889. The molecule has 0 unspecified atom stereocenters. The molecule has 7 heteroatoms. The van der Waals surface area contributed by atoms with Crippen molar-refractivity contribution < 1.29 is 13.2 Å². The van der Waals surface area contributed by atoms with E-state index in [4.69, 9.17) is 5.73 Å². The molecule has 0 aromatic heterocycles. The molecule has 1 saturated heterocycles. The molecule has 16 heavy (non-hydrogen) atoms. The second-order valence-corrected chi connectivity index (χ2v) is 6.06. The first-order chi connectivity index (χ1) is 7.33. The van der Waals surface area contributed by atoms with Crippen molar-refractivity contribution in [3.63, 3.8) is 0 Å². The van der Waals surface area contributed by atoms with E-state index >= 15 is 0 Å². The first-order valence-corrected chi connectivity index (χ1v) is 6.83. The summed E-state index contributed by atoms with van der Waals surface area (Å²) in [5.41, 5.74) is 5.18. The summed E-state index contributed by atoms with van der Waals surface area (Å²) in [5.74, 6) is -0.528. The number of nitrogens with one attached hydrogen (secondary N) is 1. The standard InChI is InChI=1S/C9H19N3O3S/c1-7(2)11-16(14,15)12-5-3-8(4-6-12)9(10)13/h7-8,11H,3-6H2,1-2H3,(H2,10,13). The van der Waals surface area contributed by atoms with Crippen LogP contribution in [0.15, 0.2) is 0 Å². The molecule has 1 fully saturated rings. The minimum atomic E-state index is -3.40. The third-order valence-electron chi connectivity index (χ3n) is 2.58. The number of nitrogens with two attached hydrogens (primary N) is 1. The van der Waals surface area contributed by atoms with Gasteiger partial charge >= 0.3 is 0 Å². The lowest BCUT2D eigenvalue weighted by Gasteiger charge is -2.30. The topological polar surface area (TPSA) is 92.5 Å². The molecule has 0 radical (unpaired) electrons. The van der Waals surface area contributed by atoms with Gasteiger partial charge in [0.2, 0.25) is 5.91 Å². The van der Waals surface area contributed by atoms with Crippen LogP contribution in [0.25, 0.3) is 0 Å². The number of hydrogen-bond donors (Lipinski definition) is 2. The summed E-state index contributed by atoms with van der Waals surface area (Å²) in [5, 5.41) is 0. The predicted molar refractivity (Wildman–Crippen MR) is 60.7 cm³/mol. The smallest absolute Gasteiger partial charge is 0.279 e. The van der Waals surface area contributed by atoms with E-state index < -0.39 is 10.2 Å². The van der Waals surface area contributed by atoms with Crippen LogP contribution in [0.1, 0.15) is 26.7 Å². The summed E-state index contributed by atoms with van der Waals surface area (Å²) in [6.45, 7) is 4.26. The number of primary amides is 1. The second kappa shape index (κ2) is 5.11. The van der Waals surface area contributed by atoms with Crippen LogP contribution in [0.3, 0.4) is 0 Å². The van der Waals surface area contributed by atoms with E-state index in [1.165, 1.54) is 4.31 Å². The van der Waals surface area contributed by atoms with Gasteiger partial charge < -0.3 is 5.73 Å². The molecule has 94 valence electrons. The van der Waals surface area contributed by atoms with E-state index in [-0.39, 0.29) is 17.9 Å². The van der Waals surface area contributed by atoms with Crippen molar-refractivity contribution >= 4 is 16.1 Å². The van der Waals surface area contributed by atoms with Crippen LogP contribution < -0.4 is 10.5 Å². The molecule has 0 aromatic rings. The molecule has 0 atom stereocenters. The molecule has 0 saturated carbocycles. The van der Waals surface area contributed by atoms with E-state index in [1.54, 1.807) is 13.8 Å². The lowest BCUT2D eigenvalue weighted by molar-refractivity contribution is -0.122. The maximum atomic E-state index is 11.8. The van der Waals surface area contributed by atoms with Crippen molar-refractivity contribution in [1.29, 1.82) is 0 Å². The largest absolute Gasteiger partial charge is 0.369 e. The monoisotopic (exact) mass is 249 g/mol. The molecule has 1 heterocycles. The summed E-state index contributed by atoms with van der Waals surface area (Å²) in [7, 11) is -3.40. The summed E-state index contributed by atoms with van der Waals surface area (Å²) in [6, 6.07) is -0.126. The lowest BCUT2D eigenvalue weighted by Crippen LogP contribution is -2.48. The molecule has 1 amide bonds. The zero-order valence-electron chi connectivity index (χ0n) is 9.64. The van der Waals surface area contributed by atoms with Crippen LogP contribution in [0.5, 0.6) is 0 Å². The quantitative estimate of drug-likeness (QED) is 0.698. The molecule has 0 spiro atoms. The van der Waals surface area contributed by atoms with Gasteiger partial charge in [-0.1, -0.05) is 0 Å². The fourth-order valence-corrected chi connectivity index (χ4v) is 3.19. The van der Waals surface area contributed by atoms with Gasteiger partial charge in [0.25, 0.3) is 10.2 Å². The Hall–Kier alpha value is -0.660. The summed E-state index contributed by atoms with van der Waals surface area (Å²) in [4.78, 5) is 10.9. The minimum Gasteiger partial charge on any atom is -0.369 e. The summed E-state index contributed by atoms with van der Waals surface area (Å²) < 4.78 is 27.4. The van der Waals surface area contributed by atoms with Crippen LogP contribution >= 0.6 is 0 Å². The molecule has 1 aliphatic rings. The highest BCUT2D eigenvalue weighted by molar-refractivity contribution is 7.87. The number of piperidine rings is 1. The van der Waals surface area contributed by atoms with E-state index in [1.807, 2.05) is 0 Å². The number of carbonyl (C=O) groups excluding carboxylic acids is 1. The predicted octanol–water partition coefficient (Wildman–Crippen LogP) is -0.573. The van der Waals surface area contributed by atoms with Gasteiger partial charge in [-0.25, -0.2) is 0 Å². The average molecular weight is 249 g/mol. The average Bonchev–Trinajstić information content (AvgIpc) is 2.16. The Labute approximate surface area is 96.4 Å². The molecular formula is C9H19N3O3S. The number of hydrogen-bond acceptors (Lipinski definition) is 3.